The highest BCUT2D eigenvalue weighted by Crippen LogP contribution is 2.29. The van der Waals surface area contributed by atoms with Crippen LogP contribution in [0.25, 0.3) is 0 Å². The lowest BCUT2D eigenvalue weighted by molar-refractivity contribution is -0.140. The molecule has 3 aromatic carbocycles. The Morgan fingerprint density at radius 1 is 0.432 bits per heavy atom. The lowest BCUT2D eigenvalue weighted by atomic mass is 10.00. The minimum Gasteiger partial charge on any atom is -0.508 e. The van der Waals surface area contributed by atoms with Gasteiger partial charge in [0.1, 0.15) is 102 Å². The Kier molecular flexibility index (Phi) is 51.7. The number of aliphatic hydroxyl groups is 3. The zero-order valence-electron chi connectivity index (χ0n) is 83.0. The van der Waals surface area contributed by atoms with Crippen LogP contribution in [0.5, 0.6) is 5.75 Å². The van der Waals surface area contributed by atoms with Crippen molar-refractivity contribution in [3.63, 3.8) is 0 Å². The van der Waals surface area contributed by atoms with Crippen molar-refractivity contribution in [3.05, 3.63) is 131 Å². The maximum atomic E-state index is 14.9. The van der Waals surface area contributed by atoms with E-state index in [2.05, 4.69) is 90.1 Å². The Hall–Kier alpha value is -15.1. The second-order valence-electron chi connectivity index (χ2n) is 36.4. The number of nitrogens with two attached hydrogens (primary N) is 7. The van der Waals surface area contributed by atoms with Crippen LogP contribution in [0.3, 0.4) is 0 Å². The molecule has 0 spiro atoms. The molecule has 0 saturated carbocycles. The molecule has 5 rings (SSSR count). The number of phenolic OH excluding ortho intramolecular Hbond substituents is 1. The molecule has 1 saturated heterocycles. The number of carbonyl (C=O) groups is 20. The monoisotopic (exact) mass is 2090 g/mol. The smallest absolute Gasteiger partial charge is 0.417 e. The number of phenols is 1. The van der Waals surface area contributed by atoms with E-state index in [-0.39, 0.29) is 109 Å². The zero-order chi connectivity index (χ0) is 110. The van der Waals surface area contributed by atoms with Crippen LogP contribution in [0, 0.1) is 17.2 Å². The van der Waals surface area contributed by atoms with Crippen LogP contribution >= 0.6 is 0 Å². The first kappa shape index (κ1) is 123. The summed E-state index contributed by atoms with van der Waals surface area (Å²) in [4.78, 5) is 284. The van der Waals surface area contributed by atoms with Crippen LogP contribution in [0.2, 0.25) is 0 Å². The van der Waals surface area contributed by atoms with Gasteiger partial charge in [-0.15, -0.1) is 0 Å². The average molecular weight is 2090 g/mol. The molecule has 0 aliphatic carbocycles. The lowest BCUT2D eigenvalue weighted by Gasteiger charge is -2.29. The number of rotatable bonds is 64. The molecule has 1 aromatic heterocycles. The number of aliphatic hydroxyl groups excluding tert-OH is 3. The van der Waals surface area contributed by atoms with E-state index in [0.717, 1.165) is 13.1 Å². The fraction of sp³-hybridized carbons (Fsp3) is 0.537. The van der Waals surface area contributed by atoms with Gasteiger partial charge in [-0.1, -0.05) is 100 Å². The number of unbranched alkanes of at least 4 members (excludes halogenated alkanes) is 2. The first-order valence-corrected chi connectivity index (χ1v) is 48.2. The van der Waals surface area contributed by atoms with E-state index in [1.807, 2.05) is 0 Å². The van der Waals surface area contributed by atoms with Gasteiger partial charge >= 0.3 is 6.18 Å². The fourth-order valence-electron chi connectivity index (χ4n) is 15.5. The van der Waals surface area contributed by atoms with Crippen molar-refractivity contribution in [3.8, 4) is 5.75 Å². The number of nitrogens with zero attached hydrogens (tertiary/aromatic N) is 2. The minimum atomic E-state index is -4.93. The summed E-state index contributed by atoms with van der Waals surface area (Å²) in [5, 5.41) is 89.3. The number of aromatic nitrogens is 1. The first-order chi connectivity index (χ1) is 69.9. The molecule has 35 N–H and O–H groups in total. The molecular weight excluding hydrogens is 1950 g/mol. The van der Waals surface area contributed by atoms with Crippen molar-refractivity contribution in [2.45, 2.75) is 272 Å². The first-order valence-electron chi connectivity index (χ1n) is 48.2. The highest BCUT2D eigenvalue weighted by Gasteiger charge is 2.43. The molecule has 20 amide bonds. The molecular formula is C95H139F3N26O24. The number of halogens is 3. The third-order valence-corrected chi connectivity index (χ3v) is 23.5. The number of hydrogen-bond donors (Lipinski definition) is 28. The van der Waals surface area contributed by atoms with E-state index in [0.29, 0.717) is 41.8 Å². The van der Waals surface area contributed by atoms with Gasteiger partial charge in [0.25, 0.3) is 5.91 Å². The van der Waals surface area contributed by atoms with E-state index < -0.39 is 301 Å². The number of amides is 20. The summed E-state index contributed by atoms with van der Waals surface area (Å²) in [7, 11) is 0. The summed E-state index contributed by atoms with van der Waals surface area (Å²) in [5.74, 6) is -24.1. The second-order valence-corrected chi connectivity index (χ2v) is 36.4. The van der Waals surface area contributed by atoms with Gasteiger partial charge in [0, 0.05) is 57.6 Å². The third kappa shape index (κ3) is 42.5. The fourth-order valence-corrected chi connectivity index (χ4v) is 15.5. The summed E-state index contributed by atoms with van der Waals surface area (Å²) in [6.45, 7) is 6.48. The van der Waals surface area contributed by atoms with Crippen molar-refractivity contribution >= 4 is 124 Å². The van der Waals surface area contributed by atoms with E-state index >= 15 is 0 Å². The number of hydrogen-bond acceptors (Lipinski definition) is 28. The predicted molar refractivity (Wildman–Crippen MR) is 525 cm³/mol. The molecule has 0 radical (unpaired) electrons. The van der Waals surface area contributed by atoms with E-state index in [1.54, 1.807) is 74.5 Å². The lowest BCUT2D eigenvalue weighted by Crippen LogP contribution is -2.63. The van der Waals surface area contributed by atoms with E-state index in [1.165, 1.54) is 49.9 Å². The van der Waals surface area contributed by atoms with Gasteiger partial charge in [0.05, 0.1) is 36.9 Å². The minimum absolute atomic E-state index is 0.0562. The largest absolute Gasteiger partial charge is 0.508 e. The zero-order valence-corrected chi connectivity index (χ0v) is 83.0. The highest BCUT2D eigenvalue weighted by molar-refractivity contribution is 6.03. The summed E-state index contributed by atoms with van der Waals surface area (Å²) in [6.07, 6.45) is -9.62. The Balaban J connectivity index is 1.36. The number of guanidine groups is 1. The number of carbonyl (C=O) groups excluding carboxylic acids is 20. The number of benzene rings is 3. The van der Waals surface area contributed by atoms with Crippen molar-refractivity contribution in [2.75, 3.05) is 39.4 Å². The van der Waals surface area contributed by atoms with Crippen molar-refractivity contribution in [2.24, 2.45) is 52.0 Å². The van der Waals surface area contributed by atoms with Gasteiger partial charge < -0.3 is 151 Å². The quantitative estimate of drug-likeness (QED) is 0.0111. The molecule has 17 atom stereocenters. The summed E-state index contributed by atoms with van der Waals surface area (Å²) in [6, 6.07) is -5.20. The van der Waals surface area contributed by atoms with Crippen molar-refractivity contribution < 1.29 is 129 Å². The number of pyridine rings is 1. The van der Waals surface area contributed by atoms with Crippen LogP contribution in [0.4, 0.5) is 13.2 Å². The SMILES string of the molecule is CC(C)C[C@H](NC(=O)[C@H](Cc1ccc(O)cc1)NC(=O)c1cncc(C(F)(F)F)c1)C(=O)N[C@@H](CCC(N)=O)C(=O)N[C@@H](CC(N)=O)C(=O)N[C@H](C(=O)N[C@@H](Cc1ccccc1)C(=O)N[C@@H](CCCCN)C(=O)N[C@H](C(=O)N[C@@H](CO)C(=O)N[C@@H](CCCCN)C(=O)N[C@@H](CCCNC(=N)N)C(=O)N[C@@H](CCC(N)=O)C(=O)N[C@@H](CO)C(=O)N[C@@H](Cc1ccccc1)C(=O)N[C@@H](C)C(=O)N1CCC[C@H]1C(N)=O)C(C)C)[C@@H](C)O. The van der Waals surface area contributed by atoms with Gasteiger partial charge in [-0.05, 0) is 157 Å². The molecule has 814 valence electrons. The van der Waals surface area contributed by atoms with Crippen molar-refractivity contribution in [1.82, 2.24) is 95.0 Å². The molecule has 1 aliphatic heterocycles. The molecule has 50 nitrogen and oxygen atoms in total. The Morgan fingerprint density at radius 3 is 1.23 bits per heavy atom. The molecule has 2 heterocycles. The molecule has 53 heteroatoms. The average Bonchev–Trinajstić information content (AvgIpc) is 1.65. The van der Waals surface area contributed by atoms with Gasteiger partial charge in [-0.2, -0.15) is 13.2 Å². The summed E-state index contributed by atoms with van der Waals surface area (Å²) < 4.78 is 41.2. The van der Waals surface area contributed by atoms with Crippen LogP contribution in [0.15, 0.2) is 103 Å². The van der Waals surface area contributed by atoms with Crippen LogP contribution in [-0.4, -0.2) is 297 Å². The third-order valence-electron chi connectivity index (χ3n) is 23.5. The van der Waals surface area contributed by atoms with Gasteiger partial charge in [0.15, 0.2) is 5.96 Å². The number of alkyl halides is 3. The Bertz CT molecular complexity index is 5210. The number of likely N-dealkylation sites (tertiary alicyclic amines) is 1. The molecule has 0 unspecified atom stereocenters. The van der Waals surface area contributed by atoms with Crippen molar-refractivity contribution in [1.29, 1.82) is 5.41 Å². The molecule has 4 aromatic rings. The van der Waals surface area contributed by atoms with Crippen LogP contribution in [0.1, 0.15) is 177 Å². The topological polar surface area (TPSA) is 837 Å². The Morgan fingerprint density at radius 2 is 0.804 bits per heavy atom. The molecule has 148 heavy (non-hydrogen) atoms. The number of nitrogens with one attached hydrogen (secondary N) is 17. The predicted octanol–water partition coefficient (Wildman–Crippen LogP) is -7.09. The summed E-state index contributed by atoms with van der Waals surface area (Å²) in [5.41, 5.74) is 38.6. The molecule has 1 aliphatic rings. The number of primary amides is 4. The second kappa shape index (κ2) is 62.0. The molecule has 1 fully saturated rings. The summed E-state index contributed by atoms with van der Waals surface area (Å²) >= 11 is 0. The van der Waals surface area contributed by atoms with E-state index in [4.69, 9.17) is 45.5 Å². The maximum Gasteiger partial charge on any atom is 0.417 e. The molecule has 0 bridgehead atoms. The standard InChI is InChI=1S/C95H139F3N26O24/c1-49(2)39-64(116-87(142)66(42-55-27-29-58(128)30-28-55)115-78(133)56-43-57(46-107-45-56)95(96,97)98)85(140)114-62(31-33-72(101)129)81(136)118-68(44-74(103)131)88(143)123-76(52(6)127)92(147)119-67(41-54-21-11-8-12-22-54)86(141)111-60(24-14-16-36-100)83(138)122-75(50(3)4)91(146)121-70(48-126)89(144)112-59(23-13-15-35-99)79(134)110-61(25-17-37-108-94(105)106)80(135)113-63(32-34-73(102)130)82(137)120-69(47-125)90(145)117-65(40-53-19-9-7-10-20-53)84(139)109-51(5)93(148)124-38-18-26-71(124)77(104)132/h7-12,19-22,27-30,43,45-46,49-52,59-71,75-76,125-128H,13-18,23-26,31-42,44,47-48,99-100H2,1-6H3,(H2,101,129)(H2,102,130)(H2,103,131)(H2,104,132)(H,109,139)(H,110,134)(H,111,141)(H,112,144)(H,113,135)(H,114,140)(H,115,133)(H,116,142)(H,117,145)(H,118,136)(H,119,147)(H,120,137)(H,121,146)(H,122,138)(H,123,143)(H4,105,106,108)/t51-,52+,59-,60-,61-,62-,63-,64-,65-,66-,67-,68-,69-,70-,71-,75-,76-/m0/s1. The van der Waals surface area contributed by atoms with Gasteiger partial charge in [-0.3, -0.25) is 106 Å². The van der Waals surface area contributed by atoms with Gasteiger partial charge in [0.2, 0.25) is 112 Å². The number of aromatic hydroxyl groups is 1. The maximum absolute atomic E-state index is 14.9. The van der Waals surface area contributed by atoms with Crippen LogP contribution < -0.4 is 125 Å². The normalized spacial score (nSPS) is 15.5. The Labute approximate surface area is 851 Å². The van der Waals surface area contributed by atoms with E-state index in [9.17, 15) is 129 Å². The van der Waals surface area contributed by atoms with Gasteiger partial charge in [-0.25, -0.2) is 0 Å². The van der Waals surface area contributed by atoms with Crippen LogP contribution in [-0.2, 0) is 117 Å². The highest BCUT2D eigenvalue weighted by atomic mass is 19.4.